The lowest BCUT2D eigenvalue weighted by Gasteiger charge is -2.44. The molecule has 0 amide bonds. The van der Waals surface area contributed by atoms with Crippen LogP contribution in [0.15, 0.2) is 54.6 Å². The van der Waals surface area contributed by atoms with Crippen LogP contribution in [-0.2, 0) is 6.61 Å². The molecule has 1 atom stereocenters. The minimum absolute atomic E-state index is 0.439. The van der Waals surface area contributed by atoms with Crippen molar-refractivity contribution in [3.8, 4) is 17.4 Å². The first-order valence-corrected chi connectivity index (χ1v) is 10.6. The van der Waals surface area contributed by atoms with Gasteiger partial charge in [0.1, 0.15) is 23.8 Å². The van der Waals surface area contributed by atoms with Crippen LogP contribution in [0.3, 0.4) is 0 Å². The second-order valence-electron chi connectivity index (χ2n) is 7.55. The molecule has 2 aromatic carbocycles. The van der Waals surface area contributed by atoms with E-state index in [9.17, 15) is 0 Å². The van der Waals surface area contributed by atoms with Crippen molar-refractivity contribution >= 4 is 11.7 Å². The van der Waals surface area contributed by atoms with Gasteiger partial charge in [0.05, 0.1) is 11.7 Å². The van der Waals surface area contributed by atoms with Crippen molar-refractivity contribution in [2.24, 2.45) is 5.92 Å². The molecule has 0 N–H and O–H groups in total. The Labute approximate surface area is 169 Å². The van der Waals surface area contributed by atoms with E-state index < -0.39 is 0 Å². The number of nitrogens with zero attached hydrogens (tertiary/aromatic N) is 3. The number of fused-ring (bicyclic) bond motifs is 3. The monoisotopic (exact) mass is 393 g/mol. The van der Waals surface area contributed by atoms with Crippen molar-refractivity contribution in [2.45, 2.75) is 25.4 Å². The lowest BCUT2D eigenvalue weighted by Crippen LogP contribution is -2.46. The molecule has 0 saturated carbocycles. The summed E-state index contributed by atoms with van der Waals surface area (Å²) in [5.41, 5.74) is 2.16. The van der Waals surface area contributed by atoms with E-state index in [0.717, 1.165) is 29.3 Å². The summed E-state index contributed by atoms with van der Waals surface area (Å²) in [6.07, 6.45) is 2.51. The van der Waals surface area contributed by atoms with Crippen molar-refractivity contribution in [1.29, 1.82) is 0 Å². The van der Waals surface area contributed by atoms with Crippen LogP contribution in [-0.4, -0.2) is 33.3 Å². The highest BCUT2D eigenvalue weighted by molar-refractivity contribution is 6.99. The van der Waals surface area contributed by atoms with Crippen LogP contribution in [0.25, 0.3) is 0 Å². The summed E-state index contributed by atoms with van der Waals surface area (Å²) in [6.45, 7) is 4.05. The van der Waals surface area contributed by atoms with E-state index in [1.54, 1.807) is 0 Å². The van der Waals surface area contributed by atoms with Crippen LogP contribution in [0.5, 0.6) is 17.4 Å². The minimum atomic E-state index is 0.439. The Morgan fingerprint density at radius 1 is 0.964 bits per heavy atom. The Hall–Kier alpha value is -2.44. The molecule has 5 nitrogen and oxygen atoms in total. The number of rotatable bonds is 6. The normalized spacial score (nSPS) is 23.5. The van der Waals surface area contributed by atoms with Gasteiger partial charge in [-0.05, 0) is 49.5 Å². The highest BCUT2D eigenvalue weighted by atomic mass is 32.1. The molecule has 0 aliphatic carbocycles. The fourth-order valence-corrected chi connectivity index (χ4v) is 4.79. The fourth-order valence-electron chi connectivity index (χ4n) is 4.24. The number of hydrogen-bond donors (Lipinski definition) is 0. The van der Waals surface area contributed by atoms with E-state index in [0.29, 0.717) is 24.3 Å². The lowest BCUT2D eigenvalue weighted by molar-refractivity contribution is 0.0847. The number of piperidine rings is 3. The van der Waals surface area contributed by atoms with Gasteiger partial charge in [-0.2, -0.15) is 4.37 Å². The molecule has 3 aromatic rings. The smallest absolute Gasteiger partial charge is 0.254 e. The summed E-state index contributed by atoms with van der Waals surface area (Å²) >= 11 is 1.24. The first-order valence-electron chi connectivity index (χ1n) is 9.84. The predicted octanol–water partition coefficient (Wildman–Crippen LogP) is 4.72. The Kier molecular flexibility index (Phi) is 4.97. The lowest BCUT2D eigenvalue weighted by atomic mass is 9.77. The van der Waals surface area contributed by atoms with Gasteiger partial charge in [0.2, 0.25) is 0 Å². The van der Waals surface area contributed by atoms with Gasteiger partial charge in [-0.25, -0.2) is 0 Å². The molecular formula is C22H23N3O2S. The van der Waals surface area contributed by atoms with Crippen molar-refractivity contribution in [3.05, 3.63) is 65.9 Å². The number of benzene rings is 2. The van der Waals surface area contributed by atoms with E-state index in [1.807, 2.05) is 42.5 Å². The molecule has 6 heteroatoms. The third-order valence-electron chi connectivity index (χ3n) is 5.76. The highest BCUT2D eigenvalue weighted by Gasteiger charge is 2.38. The quantitative estimate of drug-likeness (QED) is 0.606. The Morgan fingerprint density at radius 3 is 2.57 bits per heavy atom. The van der Waals surface area contributed by atoms with Gasteiger partial charge in [0.25, 0.3) is 5.88 Å². The van der Waals surface area contributed by atoms with Crippen molar-refractivity contribution in [1.82, 2.24) is 13.6 Å². The zero-order chi connectivity index (χ0) is 18.8. The first kappa shape index (κ1) is 17.6. The summed E-state index contributed by atoms with van der Waals surface area (Å²) in [7, 11) is 0. The maximum atomic E-state index is 6.14. The third kappa shape index (κ3) is 3.75. The van der Waals surface area contributed by atoms with Crippen LogP contribution in [0.2, 0.25) is 0 Å². The molecule has 1 aromatic heterocycles. The Morgan fingerprint density at radius 2 is 1.79 bits per heavy atom. The summed E-state index contributed by atoms with van der Waals surface area (Å²) < 4.78 is 21.1. The molecule has 2 bridgehead atoms. The summed E-state index contributed by atoms with van der Waals surface area (Å²) in [4.78, 5) is 2.53. The number of aromatic nitrogens is 2. The maximum Gasteiger partial charge on any atom is 0.254 e. The molecule has 28 heavy (non-hydrogen) atoms. The first-order chi connectivity index (χ1) is 13.8. The van der Waals surface area contributed by atoms with Gasteiger partial charge >= 0.3 is 0 Å². The molecule has 0 spiro atoms. The topological polar surface area (TPSA) is 47.5 Å². The average molecular weight is 394 g/mol. The third-order valence-corrected chi connectivity index (χ3v) is 6.28. The maximum absolute atomic E-state index is 6.14. The van der Waals surface area contributed by atoms with E-state index in [-0.39, 0.29) is 0 Å². The SMILES string of the molecule is c1ccc(COc2cccc(Oc3nsnc3C3CN4CCC3CC4)c2)cc1. The van der Waals surface area contributed by atoms with E-state index in [2.05, 4.69) is 25.8 Å². The van der Waals surface area contributed by atoms with E-state index >= 15 is 0 Å². The van der Waals surface area contributed by atoms with Gasteiger partial charge in [-0.3, -0.25) is 0 Å². The largest absolute Gasteiger partial charge is 0.489 e. The van der Waals surface area contributed by atoms with Crippen LogP contribution >= 0.6 is 11.7 Å². The highest BCUT2D eigenvalue weighted by Crippen LogP contribution is 2.42. The van der Waals surface area contributed by atoms with Crippen LogP contribution < -0.4 is 9.47 Å². The zero-order valence-corrected chi connectivity index (χ0v) is 16.5. The van der Waals surface area contributed by atoms with Crippen LogP contribution in [0.1, 0.15) is 30.0 Å². The molecule has 3 aliphatic rings. The summed E-state index contributed by atoms with van der Waals surface area (Å²) in [5.74, 6) is 3.32. The van der Waals surface area contributed by atoms with Crippen molar-refractivity contribution in [3.63, 3.8) is 0 Å². The van der Waals surface area contributed by atoms with Crippen LogP contribution in [0.4, 0.5) is 0 Å². The average Bonchev–Trinajstić information content (AvgIpc) is 3.22. The number of ether oxygens (including phenoxy) is 2. The standard InChI is InChI=1S/C22H23N3O2S/c1-2-5-16(6-3-1)15-26-18-7-4-8-19(13-18)27-22-21(23-28-24-22)20-14-25-11-9-17(20)10-12-25/h1-8,13,17,20H,9-12,14-15H2. The molecule has 1 unspecified atom stereocenters. The summed E-state index contributed by atoms with van der Waals surface area (Å²) in [5, 5.41) is 0. The van der Waals surface area contributed by atoms with E-state index in [4.69, 9.17) is 9.47 Å². The Bertz CT molecular complexity index is 922. The molecular weight excluding hydrogens is 370 g/mol. The van der Waals surface area contributed by atoms with Crippen molar-refractivity contribution < 1.29 is 9.47 Å². The molecule has 144 valence electrons. The summed E-state index contributed by atoms with van der Waals surface area (Å²) in [6, 6.07) is 17.9. The van der Waals surface area contributed by atoms with Crippen LogP contribution in [0, 0.1) is 5.92 Å². The van der Waals surface area contributed by atoms with Gasteiger partial charge in [0, 0.05) is 18.5 Å². The molecule has 0 radical (unpaired) electrons. The predicted molar refractivity (Wildman–Crippen MR) is 109 cm³/mol. The zero-order valence-electron chi connectivity index (χ0n) is 15.7. The van der Waals surface area contributed by atoms with E-state index in [1.165, 1.54) is 37.7 Å². The van der Waals surface area contributed by atoms with Crippen molar-refractivity contribution in [2.75, 3.05) is 19.6 Å². The second-order valence-corrected chi connectivity index (χ2v) is 8.08. The van der Waals surface area contributed by atoms with Gasteiger partial charge in [0.15, 0.2) is 0 Å². The van der Waals surface area contributed by atoms with Gasteiger partial charge < -0.3 is 14.4 Å². The second kappa shape index (κ2) is 7.89. The van der Waals surface area contributed by atoms with Gasteiger partial charge in [-0.1, -0.05) is 36.4 Å². The van der Waals surface area contributed by atoms with Gasteiger partial charge in [-0.15, -0.1) is 4.37 Å². The Balaban J connectivity index is 1.29. The number of hydrogen-bond acceptors (Lipinski definition) is 6. The molecule has 4 heterocycles. The minimum Gasteiger partial charge on any atom is -0.489 e. The molecule has 3 fully saturated rings. The molecule has 3 saturated heterocycles. The fraction of sp³-hybridized carbons (Fsp3) is 0.364. The molecule has 3 aliphatic heterocycles. The molecule has 6 rings (SSSR count).